The van der Waals surface area contributed by atoms with E-state index in [1.807, 2.05) is 30.5 Å². The van der Waals surface area contributed by atoms with Crippen LogP contribution in [-0.4, -0.2) is 43.0 Å². The molecule has 0 spiro atoms. The number of amides is 1. The Labute approximate surface area is 190 Å². The molecule has 32 heavy (non-hydrogen) atoms. The third kappa shape index (κ3) is 4.83. The van der Waals surface area contributed by atoms with Gasteiger partial charge in [0.1, 0.15) is 5.75 Å². The average Bonchev–Trinajstić information content (AvgIpc) is 2.86. The Kier molecular flexibility index (Phi) is 6.86. The van der Waals surface area contributed by atoms with Crippen molar-refractivity contribution >= 4 is 5.91 Å². The predicted octanol–water partition coefficient (Wildman–Crippen LogP) is 4.33. The lowest BCUT2D eigenvalue weighted by atomic mass is 9.72. The molecule has 0 unspecified atom stereocenters. The van der Waals surface area contributed by atoms with Crippen molar-refractivity contribution in [2.24, 2.45) is 5.41 Å². The first-order valence-electron chi connectivity index (χ1n) is 11.2. The number of likely N-dealkylation sites (tertiary alicyclic amines) is 1. The molecule has 2 aromatic carbocycles. The van der Waals surface area contributed by atoms with Crippen LogP contribution >= 0.6 is 0 Å². The molecule has 1 N–H and O–H groups in total. The van der Waals surface area contributed by atoms with Gasteiger partial charge in [0.25, 0.3) is 0 Å². The molecule has 0 bridgehead atoms. The van der Waals surface area contributed by atoms with Gasteiger partial charge in [-0.1, -0.05) is 48.5 Å². The first-order chi connectivity index (χ1) is 15.6. The highest BCUT2D eigenvalue weighted by Crippen LogP contribution is 2.37. The van der Waals surface area contributed by atoms with Crippen LogP contribution in [0.2, 0.25) is 0 Å². The maximum absolute atomic E-state index is 13.0. The summed E-state index contributed by atoms with van der Waals surface area (Å²) < 4.78 is 5.51. The van der Waals surface area contributed by atoms with Crippen molar-refractivity contribution in [2.45, 2.75) is 25.8 Å². The van der Waals surface area contributed by atoms with Gasteiger partial charge in [0, 0.05) is 31.5 Å². The third-order valence-corrected chi connectivity index (χ3v) is 6.60. The van der Waals surface area contributed by atoms with Crippen molar-refractivity contribution < 1.29 is 9.53 Å². The van der Waals surface area contributed by atoms with E-state index in [-0.39, 0.29) is 11.3 Å². The number of methoxy groups -OCH3 is 1. The van der Waals surface area contributed by atoms with Crippen LogP contribution in [0.1, 0.15) is 24.0 Å². The number of carbonyl (C=O) groups excluding carboxylic acids is 1. The van der Waals surface area contributed by atoms with Crippen molar-refractivity contribution in [3.05, 3.63) is 84.2 Å². The lowest BCUT2D eigenvalue weighted by molar-refractivity contribution is -0.133. The lowest BCUT2D eigenvalue weighted by Gasteiger charge is -2.40. The highest BCUT2D eigenvalue weighted by Gasteiger charge is 2.40. The molecular formula is C27H31N3O2. The lowest BCUT2D eigenvalue weighted by Crippen LogP contribution is -2.49. The summed E-state index contributed by atoms with van der Waals surface area (Å²) in [4.78, 5) is 19.6. The zero-order chi connectivity index (χ0) is 22.4. The molecule has 0 saturated carbocycles. The number of ether oxygens (including phenoxy) is 1. The van der Waals surface area contributed by atoms with Gasteiger partial charge in [-0.15, -0.1) is 0 Å². The summed E-state index contributed by atoms with van der Waals surface area (Å²) >= 11 is 0. The molecule has 0 radical (unpaired) electrons. The van der Waals surface area contributed by atoms with Crippen LogP contribution in [0.3, 0.4) is 0 Å². The summed E-state index contributed by atoms with van der Waals surface area (Å²) in [6.45, 7) is 2.62. The molecule has 1 amide bonds. The highest BCUT2D eigenvalue weighted by molar-refractivity contribution is 5.83. The number of benzene rings is 2. The number of pyridine rings is 1. The summed E-state index contributed by atoms with van der Waals surface area (Å²) in [5.41, 5.74) is 4.25. The molecule has 1 aliphatic heterocycles. The van der Waals surface area contributed by atoms with E-state index in [1.165, 1.54) is 11.1 Å². The normalized spacial score (nSPS) is 15.8. The van der Waals surface area contributed by atoms with Crippen LogP contribution in [0.25, 0.3) is 11.1 Å². The maximum atomic E-state index is 13.0. The summed E-state index contributed by atoms with van der Waals surface area (Å²) in [5.74, 6) is 1.06. The van der Waals surface area contributed by atoms with E-state index >= 15 is 0 Å². The van der Waals surface area contributed by atoms with Crippen LogP contribution in [0.5, 0.6) is 5.75 Å². The molecule has 1 aromatic heterocycles. The molecule has 5 nitrogen and oxygen atoms in total. The molecule has 166 valence electrons. The van der Waals surface area contributed by atoms with Gasteiger partial charge in [0.15, 0.2) is 0 Å². The number of hydrogen-bond acceptors (Lipinski definition) is 4. The third-order valence-electron chi connectivity index (χ3n) is 6.60. The van der Waals surface area contributed by atoms with E-state index in [1.54, 1.807) is 20.4 Å². The fourth-order valence-electron chi connectivity index (χ4n) is 4.70. The molecule has 3 aromatic rings. The summed E-state index contributed by atoms with van der Waals surface area (Å²) in [5, 5.41) is 2.93. The van der Waals surface area contributed by atoms with Crippen LogP contribution in [0, 0.1) is 5.41 Å². The minimum atomic E-state index is -0.373. The topological polar surface area (TPSA) is 54.5 Å². The molecule has 2 heterocycles. The van der Waals surface area contributed by atoms with Crippen molar-refractivity contribution in [3.63, 3.8) is 0 Å². The summed E-state index contributed by atoms with van der Waals surface area (Å²) in [6.07, 6.45) is 6.09. The second kappa shape index (κ2) is 9.96. The van der Waals surface area contributed by atoms with Crippen LogP contribution < -0.4 is 10.1 Å². The molecule has 4 rings (SSSR count). The fraction of sp³-hybridized carbons (Fsp3) is 0.333. The van der Waals surface area contributed by atoms with Crippen molar-refractivity contribution in [1.82, 2.24) is 15.2 Å². The quantitative estimate of drug-likeness (QED) is 0.607. The first kappa shape index (κ1) is 22.0. The minimum absolute atomic E-state index is 0.144. The van der Waals surface area contributed by atoms with E-state index in [4.69, 9.17) is 4.74 Å². The fourth-order valence-corrected chi connectivity index (χ4v) is 4.70. The molecule has 0 aliphatic carbocycles. The SMILES string of the molecule is CNC(=O)C1(Cc2ccc(-c3cccnc3)cc2)CCN(Cc2ccccc2OC)CC1. The number of hydrogen-bond donors (Lipinski definition) is 1. The zero-order valence-corrected chi connectivity index (χ0v) is 18.9. The van der Waals surface area contributed by atoms with Crippen molar-refractivity contribution in [3.8, 4) is 16.9 Å². The van der Waals surface area contributed by atoms with E-state index in [0.29, 0.717) is 0 Å². The van der Waals surface area contributed by atoms with Crippen molar-refractivity contribution in [1.29, 1.82) is 0 Å². The molecule has 1 fully saturated rings. The molecule has 5 heteroatoms. The van der Waals surface area contributed by atoms with Crippen LogP contribution in [-0.2, 0) is 17.8 Å². The van der Waals surface area contributed by atoms with Gasteiger partial charge in [0.05, 0.1) is 12.5 Å². The molecule has 0 atom stereocenters. The minimum Gasteiger partial charge on any atom is -0.496 e. The maximum Gasteiger partial charge on any atom is 0.226 e. The molecule has 1 saturated heterocycles. The number of aromatic nitrogens is 1. The van der Waals surface area contributed by atoms with Gasteiger partial charge >= 0.3 is 0 Å². The summed E-state index contributed by atoms with van der Waals surface area (Å²) in [6, 6.07) is 20.7. The molecular weight excluding hydrogens is 398 g/mol. The number of carbonyl (C=O) groups is 1. The number of rotatable bonds is 7. The van der Waals surface area contributed by atoms with E-state index in [9.17, 15) is 4.79 Å². The Balaban J connectivity index is 1.45. The average molecular weight is 430 g/mol. The predicted molar refractivity (Wildman–Crippen MR) is 127 cm³/mol. The smallest absolute Gasteiger partial charge is 0.226 e. The van der Waals surface area contributed by atoms with E-state index in [2.05, 4.69) is 51.6 Å². The Morgan fingerprint density at radius 1 is 1.03 bits per heavy atom. The van der Waals surface area contributed by atoms with Gasteiger partial charge < -0.3 is 10.1 Å². The second-order valence-corrected chi connectivity index (χ2v) is 8.56. The molecule has 1 aliphatic rings. The van der Waals surface area contributed by atoms with Crippen LogP contribution in [0.4, 0.5) is 0 Å². The number of para-hydroxylation sites is 1. The largest absolute Gasteiger partial charge is 0.496 e. The Morgan fingerprint density at radius 2 is 1.78 bits per heavy atom. The standard InChI is InChI=1S/C27H31N3O2/c1-28-26(31)27(18-21-9-11-22(12-10-21)23-7-5-15-29-19-23)13-16-30(17-14-27)20-24-6-3-4-8-25(24)32-2/h3-12,15,19H,13-14,16-18,20H2,1-2H3,(H,28,31). The van der Waals surface area contributed by atoms with E-state index < -0.39 is 0 Å². The zero-order valence-electron chi connectivity index (χ0n) is 18.9. The Hall–Kier alpha value is -3.18. The van der Waals surface area contributed by atoms with Gasteiger partial charge in [-0.3, -0.25) is 14.7 Å². The van der Waals surface area contributed by atoms with Crippen LogP contribution in [0.15, 0.2) is 73.1 Å². The number of piperidine rings is 1. The Bertz CT molecular complexity index is 1030. The van der Waals surface area contributed by atoms with Gasteiger partial charge in [-0.05, 0) is 61.2 Å². The number of nitrogens with one attached hydrogen (secondary N) is 1. The van der Waals surface area contributed by atoms with Gasteiger partial charge in [-0.25, -0.2) is 0 Å². The first-order valence-corrected chi connectivity index (χ1v) is 11.2. The van der Waals surface area contributed by atoms with Gasteiger partial charge in [0.2, 0.25) is 5.91 Å². The van der Waals surface area contributed by atoms with Gasteiger partial charge in [-0.2, -0.15) is 0 Å². The Morgan fingerprint density at radius 3 is 2.44 bits per heavy atom. The second-order valence-electron chi connectivity index (χ2n) is 8.56. The van der Waals surface area contributed by atoms with E-state index in [0.717, 1.165) is 55.8 Å². The number of nitrogens with zero attached hydrogens (tertiary/aromatic N) is 2. The summed E-state index contributed by atoms with van der Waals surface area (Å²) in [7, 11) is 3.46. The highest BCUT2D eigenvalue weighted by atomic mass is 16.5. The van der Waals surface area contributed by atoms with Crippen molar-refractivity contribution in [2.75, 3.05) is 27.2 Å². The monoisotopic (exact) mass is 429 g/mol.